The van der Waals surface area contributed by atoms with E-state index < -0.39 is 0 Å². The van der Waals surface area contributed by atoms with Gasteiger partial charge in [0, 0.05) is 22.0 Å². The van der Waals surface area contributed by atoms with Crippen LogP contribution in [0.3, 0.4) is 0 Å². The van der Waals surface area contributed by atoms with Gasteiger partial charge in [-0.05, 0) is 56.2 Å². The molecule has 2 aromatic heterocycles. The van der Waals surface area contributed by atoms with Crippen LogP contribution in [0, 0.1) is 27.3 Å². The van der Waals surface area contributed by atoms with Gasteiger partial charge in [0.2, 0.25) is 0 Å². The SMILES string of the molecule is [C-]#[N+]c1cc(-n2c3ccccc3c3ccc(-c4ccc(C)cc4)cc32)ccc1-c1nc(C)nc(C)n1. The van der Waals surface area contributed by atoms with Gasteiger partial charge in [0.05, 0.1) is 17.6 Å². The van der Waals surface area contributed by atoms with Gasteiger partial charge in [0.25, 0.3) is 0 Å². The number of aryl methyl sites for hydroxylation is 3. The Kier molecular flexibility index (Phi) is 5.09. The Morgan fingerprint density at radius 1 is 0.667 bits per heavy atom. The Morgan fingerprint density at radius 2 is 1.36 bits per heavy atom. The van der Waals surface area contributed by atoms with Crippen molar-refractivity contribution < 1.29 is 0 Å². The number of aromatic nitrogens is 4. The molecule has 0 saturated heterocycles. The molecule has 0 aliphatic rings. The molecule has 0 aliphatic heterocycles. The highest BCUT2D eigenvalue weighted by Gasteiger charge is 2.16. The van der Waals surface area contributed by atoms with E-state index in [-0.39, 0.29) is 0 Å². The summed E-state index contributed by atoms with van der Waals surface area (Å²) in [6, 6.07) is 29.6. The second kappa shape index (κ2) is 8.44. The maximum Gasteiger partial charge on any atom is 0.200 e. The van der Waals surface area contributed by atoms with Crippen molar-refractivity contribution in [3.8, 4) is 28.2 Å². The van der Waals surface area contributed by atoms with Crippen molar-refractivity contribution in [3.05, 3.63) is 114 Å². The van der Waals surface area contributed by atoms with Crippen LogP contribution in [-0.2, 0) is 0 Å². The summed E-state index contributed by atoms with van der Waals surface area (Å²) in [7, 11) is 0. The number of fused-ring (bicyclic) bond motifs is 3. The summed E-state index contributed by atoms with van der Waals surface area (Å²) in [6.07, 6.45) is 0. The van der Waals surface area contributed by atoms with Crippen LogP contribution in [0.2, 0.25) is 0 Å². The summed E-state index contributed by atoms with van der Waals surface area (Å²) < 4.78 is 2.24. The van der Waals surface area contributed by atoms with Gasteiger partial charge in [-0.1, -0.05) is 66.2 Å². The van der Waals surface area contributed by atoms with Crippen molar-refractivity contribution in [1.82, 2.24) is 19.5 Å². The molecule has 0 fully saturated rings. The third kappa shape index (κ3) is 3.60. The van der Waals surface area contributed by atoms with Crippen molar-refractivity contribution in [2.24, 2.45) is 0 Å². The van der Waals surface area contributed by atoms with Gasteiger partial charge < -0.3 is 4.57 Å². The highest BCUT2D eigenvalue weighted by molar-refractivity contribution is 6.10. The monoisotopic (exact) mass is 465 g/mol. The number of para-hydroxylation sites is 1. The van der Waals surface area contributed by atoms with Gasteiger partial charge in [0.15, 0.2) is 11.5 Å². The molecule has 5 heteroatoms. The van der Waals surface area contributed by atoms with E-state index in [9.17, 15) is 0 Å². The fourth-order valence-electron chi connectivity index (χ4n) is 4.85. The molecule has 0 spiro atoms. The number of rotatable bonds is 3. The normalized spacial score (nSPS) is 11.2. The fourth-order valence-corrected chi connectivity index (χ4v) is 4.85. The van der Waals surface area contributed by atoms with E-state index >= 15 is 0 Å². The second-order valence-electron chi connectivity index (χ2n) is 9.02. The molecule has 0 aliphatic carbocycles. The van der Waals surface area contributed by atoms with Gasteiger partial charge >= 0.3 is 0 Å². The zero-order chi connectivity index (χ0) is 24.8. The van der Waals surface area contributed by atoms with E-state index in [0.29, 0.717) is 28.7 Å². The van der Waals surface area contributed by atoms with Crippen LogP contribution in [0.25, 0.3) is 54.9 Å². The van der Waals surface area contributed by atoms with Gasteiger partial charge in [-0.15, -0.1) is 0 Å². The highest BCUT2D eigenvalue weighted by atomic mass is 15.0. The van der Waals surface area contributed by atoms with E-state index in [0.717, 1.165) is 22.3 Å². The molecule has 6 rings (SSSR count). The number of benzene rings is 4. The Bertz CT molecular complexity index is 1800. The van der Waals surface area contributed by atoms with E-state index in [2.05, 4.69) is 98.0 Å². The zero-order valence-corrected chi connectivity index (χ0v) is 20.3. The molecule has 172 valence electrons. The van der Waals surface area contributed by atoms with Crippen LogP contribution in [0.1, 0.15) is 17.2 Å². The molecule has 6 aromatic rings. The average Bonchev–Trinajstić information content (AvgIpc) is 3.22. The smallest absolute Gasteiger partial charge is 0.200 e. The Labute approximate surface area is 209 Å². The molecule has 0 amide bonds. The Morgan fingerprint density at radius 3 is 2.11 bits per heavy atom. The van der Waals surface area contributed by atoms with Crippen molar-refractivity contribution >= 4 is 27.5 Å². The first-order valence-electron chi connectivity index (χ1n) is 11.8. The molecule has 0 radical (unpaired) electrons. The summed E-state index contributed by atoms with van der Waals surface area (Å²) in [5, 5.41) is 2.36. The molecule has 0 atom stereocenters. The number of hydrogen-bond donors (Lipinski definition) is 0. The van der Waals surface area contributed by atoms with Crippen molar-refractivity contribution in [1.29, 1.82) is 0 Å². The van der Waals surface area contributed by atoms with Crippen molar-refractivity contribution in [2.75, 3.05) is 0 Å². The second-order valence-corrected chi connectivity index (χ2v) is 9.02. The largest absolute Gasteiger partial charge is 0.310 e. The summed E-state index contributed by atoms with van der Waals surface area (Å²) >= 11 is 0. The number of nitrogens with zero attached hydrogens (tertiary/aromatic N) is 5. The van der Waals surface area contributed by atoms with Crippen LogP contribution in [0.15, 0.2) is 84.9 Å². The lowest BCUT2D eigenvalue weighted by molar-refractivity contribution is 0.929. The summed E-state index contributed by atoms with van der Waals surface area (Å²) in [5.74, 6) is 1.81. The third-order valence-electron chi connectivity index (χ3n) is 6.52. The van der Waals surface area contributed by atoms with E-state index in [1.54, 1.807) is 0 Å². The lowest BCUT2D eigenvalue weighted by Crippen LogP contribution is -2.00. The van der Waals surface area contributed by atoms with Crippen LogP contribution in [0.4, 0.5) is 5.69 Å². The fraction of sp³-hybridized carbons (Fsp3) is 0.0968. The summed E-state index contributed by atoms with van der Waals surface area (Å²) in [4.78, 5) is 17.1. The molecule has 4 aromatic carbocycles. The molecule has 0 N–H and O–H groups in total. The zero-order valence-electron chi connectivity index (χ0n) is 20.3. The Balaban J connectivity index is 1.59. The minimum absolute atomic E-state index is 0.512. The summed E-state index contributed by atoms with van der Waals surface area (Å²) in [6.45, 7) is 13.7. The van der Waals surface area contributed by atoms with E-state index in [1.807, 2.05) is 32.0 Å². The highest BCUT2D eigenvalue weighted by Crippen LogP contribution is 2.37. The van der Waals surface area contributed by atoms with Gasteiger partial charge in [0.1, 0.15) is 11.6 Å². The molecule has 0 bridgehead atoms. The lowest BCUT2D eigenvalue weighted by Gasteiger charge is -2.12. The predicted molar refractivity (Wildman–Crippen MR) is 146 cm³/mol. The van der Waals surface area contributed by atoms with Gasteiger partial charge in [-0.2, -0.15) is 0 Å². The molecule has 2 heterocycles. The molecule has 0 saturated carbocycles. The van der Waals surface area contributed by atoms with Crippen LogP contribution in [0.5, 0.6) is 0 Å². The van der Waals surface area contributed by atoms with Crippen LogP contribution < -0.4 is 0 Å². The first-order valence-corrected chi connectivity index (χ1v) is 11.8. The van der Waals surface area contributed by atoms with Crippen LogP contribution >= 0.6 is 0 Å². The van der Waals surface area contributed by atoms with Crippen molar-refractivity contribution in [2.45, 2.75) is 20.8 Å². The van der Waals surface area contributed by atoms with Crippen molar-refractivity contribution in [3.63, 3.8) is 0 Å². The first kappa shape index (κ1) is 21.7. The predicted octanol–water partition coefficient (Wildman–Crippen LogP) is 7.78. The molecular formula is C31H23N5. The molecule has 36 heavy (non-hydrogen) atoms. The van der Waals surface area contributed by atoms with Crippen LogP contribution in [-0.4, -0.2) is 19.5 Å². The summed E-state index contributed by atoms with van der Waals surface area (Å²) in [5.41, 5.74) is 7.93. The van der Waals surface area contributed by atoms with Gasteiger partial charge in [-0.3, -0.25) is 0 Å². The minimum Gasteiger partial charge on any atom is -0.310 e. The molecular weight excluding hydrogens is 442 g/mol. The van der Waals surface area contributed by atoms with Gasteiger partial charge in [-0.25, -0.2) is 19.8 Å². The Hall–Kier alpha value is -4.82. The minimum atomic E-state index is 0.512. The maximum absolute atomic E-state index is 7.90. The number of hydrogen-bond acceptors (Lipinski definition) is 3. The quantitative estimate of drug-likeness (QED) is 0.251. The third-order valence-corrected chi connectivity index (χ3v) is 6.52. The van der Waals surface area contributed by atoms with E-state index in [1.165, 1.54) is 21.9 Å². The average molecular weight is 466 g/mol. The maximum atomic E-state index is 7.90. The first-order chi connectivity index (χ1) is 17.5. The molecule has 5 nitrogen and oxygen atoms in total. The standard InChI is InChI=1S/C31H23N5/c1-19-9-11-22(12-10-19)23-13-15-26-25-7-5-6-8-29(25)36(30(26)17-23)24-14-16-27(28(18-24)32-4)31-34-20(2)33-21(3)35-31/h5-18H,1-3H3. The lowest BCUT2D eigenvalue weighted by atomic mass is 10.0. The topological polar surface area (TPSA) is 48.0 Å². The molecule has 0 unspecified atom stereocenters. The van der Waals surface area contributed by atoms with E-state index in [4.69, 9.17) is 6.57 Å².